The van der Waals surface area contributed by atoms with E-state index in [1.807, 2.05) is 37.3 Å². The highest BCUT2D eigenvalue weighted by Crippen LogP contribution is 2.32. The molecule has 1 heterocycles. The molecule has 0 aliphatic rings. The summed E-state index contributed by atoms with van der Waals surface area (Å²) >= 11 is 1.61. The number of aromatic nitrogens is 2. The lowest BCUT2D eigenvalue weighted by Gasteiger charge is -2.11. The smallest absolute Gasteiger partial charge is 0.416 e. The van der Waals surface area contributed by atoms with Gasteiger partial charge in [0.2, 0.25) is 0 Å². The van der Waals surface area contributed by atoms with E-state index in [1.165, 1.54) is 12.1 Å². The Morgan fingerprint density at radius 2 is 1.85 bits per heavy atom. The number of aryl methyl sites for hydroxylation is 1. The maximum Gasteiger partial charge on any atom is 0.416 e. The van der Waals surface area contributed by atoms with Crippen LogP contribution in [0.4, 0.5) is 13.2 Å². The third kappa shape index (κ3) is 5.36. The molecular weight excluding hydrogens is 465 g/mol. The van der Waals surface area contributed by atoms with Crippen LogP contribution in [0.2, 0.25) is 0 Å². The highest BCUT2D eigenvalue weighted by atomic mass is 32.2. The number of hydrogen-bond acceptors (Lipinski definition) is 4. The Kier molecular flexibility index (Phi) is 6.83. The van der Waals surface area contributed by atoms with Crippen molar-refractivity contribution in [3.05, 3.63) is 83.6 Å². The normalized spacial score (nSPS) is 11.6. The average molecular weight is 487 g/mol. The Hall–Kier alpha value is -3.46. The first-order chi connectivity index (χ1) is 16.2. The van der Waals surface area contributed by atoms with Crippen molar-refractivity contribution in [1.82, 2.24) is 9.78 Å². The quantitative estimate of drug-likeness (QED) is 0.294. The molecule has 0 spiro atoms. The van der Waals surface area contributed by atoms with E-state index in [9.17, 15) is 18.0 Å². The van der Waals surface area contributed by atoms with Gasteiger partial charge in [0.05, 0.1) is 16.8 Å². The molecule has 0 saturated carbocycles. The monoisotopic (exact) mass is 486 g/mol. The lowest BCUT2D eigenvalue weighted by atomic mass is 10.1. The van der Waals surface area contributed by atoms with E-state index in [0.29, 0.717) is 23.6 Å². The molecule has 34 heavy (non-hydrogen) atoms. The van der Waals surface area contributed by atoms with E-state index < -0.39 is 17.7 Å². The second-order valence-electron chi connectivity index (χ2n) is 7.57. The minimum absolute atomic E-state index is 0.386. The number of fused-ring (bicyclic) bond motifs is 1. The summed E-state index contributed by atoms with van der Waals surface area (Å²) in [5.74, 6) is 0.177. The van der Waals surface area contributed by atoms with Crippen molar-refractivity contribution in [1.29, 1.82) is 0 Å². The number of nitrogens with zero attached hydrogens (tertiary/aromatic N) is 2. The second kappa shape index (κ2) is 9.80. The zero-order valence-electron chi connectivity index (χ0n) is 18.2. The summed E-state index contributed by atoms with van der Waals surface area (Å²) < 4.78 is 45.5. The fraction of sp³-hybridized carbons (Fsp3) is 0.200. The van der Waals surface area contributed by atoms with Gasteiger partial charge >= 0.3 is 12.1 Å². The summed E-state index contributed by atoms with van der Waals surface area (Å²) in [4.78, 5) is 11.8. The SMILES string of the molecule is CCc1cc(SCc2cccc3cn(-c4ccc(C(F)(F)F)cc4)nc23)ccc1OCC(=O)O. The summed E-state index contributed by atoms with van der Waals surface area (Å²) in [5.41, 5.74) is 2.56. The van der Waals surface area contributed by atoms with E-state index in [2.05, 4.69) is 5.10 Å². The van der Waals surface area contributed by atoms with Gasteiger partial charge in [-0.2, -0.15) is 18.3 Å². The Morgan fingerprint density at radius 3 is 2.53 bits per heavy atom. The van der Waals surface area contributed by atoms with Crippen molar-refractivity contribution in [2.24, 2.45) is 0 Å². The van der Waals surface area contributed by atoms with Crippen LogP contribution in [0.1, 0.15) is 23.6 Å². The molecule has 0 unspecified atom stereocenters. The number of alkyl halides is 3. The topological polar surface area (TPSA) is 64.4 Å². The highest BCUT2D eigenvalue weighted by molar-refractivity contribution is 7.98. The van der Waals surface area contributed by atoms with Crippen molar-refractivity contribution in [2.45, 2.75) is 30.2 Å². The number of benzene rings is 3. The molecule has 0 aliphatic carbocycles. The Bertz CT molecular complexity index is 1320. The van der Waals surface area contributed by atoms with Gasteiger partial charge in [-0.1, -0.05) is 25.1 Å². The van der Waals surface area contributed by atoms with Gasteiger partial charge in [0.25, 0.3) is 0 Å². The first-order valence-corrected chi connectivity index (χ1v) is 11.5. The maximum atomic E-state index is 12.9. The molecule has 0 atom stereocenters. The molecule has 4 aromatic rings. The van der Waals surface area contributed by atoms with Crippen LogP contribution in [-0.4, -0.2) is 27.5 Å². The number of carboxylic acid groups (broad SMARTS) is 1. The summed E-state index contributed by atoms with van der Waals surface area (Å²) in [6, 6.07) is 16.4. The molecule has 0 radical (unpaired) electrons. The van der Waals surface area contributed by atoms with Crippen molar-refractivity contribution in [3.63, 3.8) is 0 Å². The third-order valence-corrected chi connectivity index (χ3v) is 6.28. The fourth-order valence-corrected chi connectivity index (χ4v) is 4.47. The number of ether oxygens (including phenoxy) is 1. The fourth-order valence-electron chi connectivity index (χ4n) is 3.52. The molecular formula is C25H21F3N2O3S. The van der Waals surface area contributed by atoms with Crippen molar-refractivity contribution in [2.75, 3.05) is 6.61 Å². The zero-order chi connectivity index (χ0) is 24.3. The van der Waals surface area contributed by atoms with Crippen LogP contribution >= 0.6 is 11.8 Å². The van der Waals surface area contributed by atoms with E-state index in [4.69, 9.17) is 9.84 Å². The van der Waals surface area contributed by atoms with Crippen molar-refractivity contribution in [3.8, 4) is 11.4 Å². The molecule has 0 saturated heterocycles. The number of carboxylic acids is 1. The Labute approximate surface area is 198 Å². The Balaban J connectivity index is 1.53. The number of halogens is 3. The lowest BCUT2D eigenvalue weighted by molar-refractivity contribution is -0.139. The van der Waals surface area contributed by atoms with Crippen LogP contribution in [0.5, 0.6) is 5.75 Å². The number of hydrogen-bond donors (Lipinski definition) is 1. The molecule has 176 valence electrons. The van der Waals surface area contributed by atoms with Gasteiger partial charge in [-0.05, 0) is 60.0 Å². The molecule has 1 aromatic heterocycles. The van der Waals surface area contributed by atoms with Crippen LogP contribution in [0, 0.1) is 0 Å². The highest BCUT2D eigenvalue weighted by Gasteiger charge is 2.30. The van der Waals surface area contributed by atoms with Gasteiger partial charge in [-0.15, -0.1) is 11.8 Å². The summed E-state index contributed by atoms with van der Waals surface area (Å²) in [6.45, 7) is 1.59. The Morgan fingerprint density at radius 1 is 1.09 bits per heavy atom. The minimum Gasteiger partial charge on any atom is -0.482 e. The standard InChI is InChI=1S/C25H21F3N2O3S/c1-2-16-12-21(10-11-22(16)33-14-23(31)32)34-15-18-5-3-4-17-13-30(29-24(17)18)20-8-6-19(7-9-20)25(26,27)28/h3-13H,2,14-15H2,1H3,(H,31,32). The van der Waals surface area contributed by atoms with Gasteiger partial charge in [-0.25, -0.2) is 9.48 Å². The molecule has 4 rings (SSSR count). The average Bonchev–Trinajstić information content (AvgIpc) is 3.26. The molecule has 1 N–H and O–H groups in total. The molecule has 9 heteroatoms. The molecule has 0 aliphatic heterocycles. The summed E-state index contributed by atoms with van der Waals surface area (Å²) in [6.07, 6.45) is -1.87. The number of carbonyl (C=O) groups is 1. The van der Waals surface area contributed by atoms with Gasteiger partial charge in [-0.3, -0.25) is 0 Å². The van der Waals surface area contributed by atoms with Gasteiger partial charge in [0.15, 0.2) is 6.61 Å². The van der Waals surface area contributed by atoms with Crippen LogP contribution in [0.3, 0.4) is 0 Å². The largest absolute Gasteiger partial charge is 0.482 e. The predicted octanol–water partition coefficient (Wildman–Crippen LogP) is 6.36. The van der Waals surface area contributed by atoms with E-state index in [1.54, 1.807) is 28.7 Å². The van der Waals surface area contributed by atoms with Crippen molar-refractivity contribution >= 4 is 28.6 Å². The molecule has 3 aromatic carbocycles. The second-order valence-corrected chi connectivity index (χ2v) is 8.62. The van der Waals surface area contributed by atoms with Crippen LogP contribution in [0.25, 0.3) is 16.6 Å². The zero-order valence-corrected chi connectivity index (χ0v) is 19.0. The van der Waals surface area contributed by atoms with E-state index in [0.717, 1.165) is 39.1 Å². The molecule has 5 nitrogen and oxygen atoms in total. The molecule has 0 fully saturated rings. The lowest BCUT2D eigenvalue weighted by Crippen LogP contribution is -2.10. The van der Waals surface area contributed by atoms with Crippen LogP contribution in [0.15, 0.2) is 71.8 Å². The van der Waals surface area contributed by atoms with Gasteiger partial charge in [0.1, 0.15) is 5.75 Å². The first kappa shape index (κ1) is 23.7. The van der Waals surface area contributed by atoms with E-state index >= 15 is 0 Å². The maximum absolute atomic E-state index is 12.9. The number of thioether (sulfide) groups is 1. The minimum atomic E-state index is -4.38. The number of rotatable bonds is 8. The summed E-state index contributed by atoms with van der Waals surface area (Å²) in [5, 5.41) is 14.3. The van der Waals surface area contributed by atoms with Crippen LogP contribution < -0.4 is 4.74 Å². The molecule has 0 bridgehead atoms. The van der Waals surface area contributed by atoms with Crippen molar-refractivity contribution < 1.29 is 27.8 Å². The summed E-state index contributed by atoms with van der Waals surface area (Å²) in [7, 11) is 0. The van der Waals surface area contributed by atoms with E-state index in [-0.39, 0.29) is 6.61 Å². The number of aliphatic carboxylic acids is 1. The third-order valence-electron chi connectivity index (χ3n) is 5.24. The molecule has 0 amide bonds. The van der Waals surface area contributed by atoms with Crippen LogP contribution in [-0.2, 0) is 23.1 Å². The van der Waals surface area contributed by atoms with Gasteiger partial charge in [0, 0.05) is 22.2 Å². The van der Waals surface area contributed by atoms with Gasteiger partial charge < -0.3 is 9.84 Å². The first-order valence-electron chi connectivity index (χ1n) is 10.5. The predicted molar refractivity (Wildman–Crippen MR) is 125 cm³/mol.